The van der Waals surface area contributed by atoms with Gasteiger partial charge in [-0.1, -0.05) is 6.92 Å². The Morgan fingerprint density at radius 3 is 2.93 bits per heavy atom. The van der Waals surface area contributed by atoms with Gasteiger partial charge >= 0.3 is 11.7 Å². The Bertz CT molecular complexity index is 386. The lowest BCUT2D eigenvalue weighted by Gasteiger charge is -2.01. The van der Waals surface area contributed by atoms with Crippen LogP contribution in [0.3, 0.4) is 0 Å². The number of carbonyl (C=O) groups is 1. The molecular weight excluding hydrogens is 202 g/mol. The number of hydrazine groups is 1. The van der Waals surface area contributed by atoms with Crippen molar-refractivity contribution in [3.05, 3.63) is 22.1 Å². The molecule has 0 atom stereocenters. The van der Waals surface area contributed by atoms with Gasteiger partial charge in [0.05, 0.1) is 6.54 Å². The quantitative estimate of drug-likeness (QED) is 0.311. The van der Waals surface area contributed by atoms with Crippen LogP contribution in [0.4, 0.5) is 5.82 Å². The number of nitrogen functional groups attached to an aromatic ring is 1. The molecule has 82 valence electrons. The minimum atomic E-state index is -0.642. The lowest BCUT2D eigenvalue weighted by molar-refractivity contribution is -0.392. The van der Waals surface area contributed by atoms with Gasteiger partial charge in [-0.3, -0.25) is 10.2 Å². The molecule has 0 aliphatic rings. The molecule has 0 aliphatic heterocycles. The molecule has 1 amide bonds. The number of rotatable bonds is 4. The number of nitrogens with two attached hydrogens (primary N) is 1. The number of nitrogens with zero attached hydrogens (tertiary/aromatic N) is 3. The van der Waals surface area contributed by atoms with E-state index < -0.39 is 10.8 Å². The third kappa shape index (κ3) is 2.10. The van der Waals surface area contributed by atoms with Gasteiger partial charge in [-0.2, -0.15) is 0 Å². The normalized spacial score (nSPS) is 10.0. The van der Waals surface area contributed by atoms with E-state index in [2.05, 4.69) is 4.98 Å². The first kappa shape index (κ1) is 11.1. The summed E-state index contributed by atoms with van der Waals surface area (Å²) in [6.45, 7) is 2.19. The number of amides is 1. The van der Waals surface area contributed by atoms with E-state index in [-0.39, 0.29) is 11.6 Å². The van der Waals surface area contributed by atoms with Crippen molar-refractivity contribution < 1.29 is 9.72 Å². The van der Waals surface area contributed by atoms with Crippen molar-refractivity contribution in [3.63, 3.8) is 0 Å². The second-order valence-corrected chi connectivity index (χ2v) is 2.82. The predicted molar refractivity (Wildman–Crippen MR) is 50.8 cm³/mol. The smallest absolute Gasteiger partial charge is 0.343 e. The molecule has 1 aromatic rings. The maximum atomic E-state index is 11.2. The topological polar surface area (TPSA) is 116 Å². The minimum absolute atomic E-state index is 0.0500. The molecule has 3 N–H and O–H groups in total. The van der Waals surface area contributed by atoms with Gasteiger partial charge in [0.15, 0.2) is 0 Å². The average Bonchev–Trinajstić information content (AvgIpc) is 2.61. The van der Waals surface area contributed by atoms with Crippen molar-refractivity contribution in [2.24, 2.45) is 5.84 Å². The molecule has 0 spiro atoms. The standard InChI is InChI=1S/C7H11N5O3/c1-2-3-11-5(12(14)15)4-9-6(11)7(13)10-8/h4H,2-3,8H2,1H3,(H,10,13). The Morgan fingerprint density at radius 2 is 2.47 bits per heavy atom. The van der Waals surface area contributed by atoms with Crippen LogP contribution in [0.2, 0.25) is 0 Å². The number of nitro groups is 1. The summed E-state index contributed by atoms with van der Waals surface area (Å²) in [6.07, 6.45) is 1.70. The lowest BCUT2D eigenvalue weighted by atomic mass is 10.4. The van der Waals surface area contributed by atoms with E-state index >= 15 is 0 Å². The van der Waals surface area contributed by atoms with Crippen LogP contribution in [0.5, 0.6) is 0 Å². The van der Waals surface area contributed by atoms with Gasteiger partial charge in [-0.15, -0.1) is 0 Å². The number of imidazole rings is 1. The molecule has 1 rings (SSSR count). The zero-order chi connectivity index (χ0) is 11.4. The number of nitrogens with one attached hydrogen (secondary N) is 1. The molecular formula is C7H11N5O3. The summed E-state index contributed by atoms with van der Waals surface area (Å²) in [4.78, 5) is 24.9. The summed E-state index contributed by atoms with van der Waals surface area (Å²) in [5, 5.41) is 10.6. The molecule has 15 heavy (non-hydrogen) atoms. The van der Waals surface area contributed by atoms with E-state index in [1.807, 2.05) is 12.3 Å². The molecule has 0 aliphatic carbocycles. The van der Waals surface area contributed by atoms with Crippen LogP contribution in [0.15, 0.2) is 6.20 Å². The Labute approximate surface area is 85.2 Å². The molecule has 1 heterocycles. The average molecular weight is 213 g/mol. The highest BCUT2D eigenvalue weighted by Crippen LogP contribution is 2.14. The summed E-state index contributed by atoms with van der Waals surface area (Å²) in [5.74, 6) is 4.03. The molecule has 0 aromatic carbocycles. The molecule has 0 bridgehead atoms. The largest absolute Gasteiger partial charge is 0.358 e. The first-order chi connectivity index (χ1) is 7.11. The van der Waals surface area contributed by atoms with Crippen LogP contribution >= 0.6 is 0 Å². The van der Waals surface area contributed by atoms with E-state index in [4.69, 9.17) is 5.84 Å². The van der Waals surface area contributed by atoms with Gasteiger partial charge in [0.25, 0.3) is 5.82 Å². The van der Waals surface area contributed by atoms with Crippen LogP contribution in [-0.2, 0) is 6.54 Å². The molecule has 0 fully saturated rings. The Balaban J connectivity index is 3.17. The fraction of sp³-hybridized carbons (Fsp3) is 0.429. The highest BCUT2D eigenvalue weighted by molar-refractivity contribution is 5.90. The zero-order valence-electron chi connectivity index (χ0n) is 8.14. The second-order valence-electron chi connectivity index (χ2n) is 2.82. The summed E-state index contributed by atoms with van der Waals surface area (Å²) < 4.78 is 1.22. The van der Waals surface area contributed by atoms with E-state index in [1.54, 1.807) is 0 Å². The molecule has 0 unspecified atom stereocenters. The fourth-order valence-electron chi connectivity index (χ4n) is 1.20. The third-order valence-corrected chi connectivity index (χ3v) is 1.80. The van der Waals surface area contributed by atoms with E-state index in [9.17, 15) is 14.9 Å². The molecule has 8 heteroatoms. The van der Waals surface area contributed by atoms with Gasteiger partial charge in [0.2, 0.25) is 0 Å². The fourth-order valence-corrected chi connectivity index (χ4v) is 1.20. The zero-order valence-corrected chi connectivity index (χ0v) is 8.14. The van der Waals surface area contributed by atoms with Crippen molar-refractivity contribution in [2.75, 3.05) is 0 Å². The Kier molecular flexibility index (Phi) is 3.34. The highest BCUT2D eigenvalue weighted by Gasteiger charge is 2.24. The van der Waals surface area contributed by atoms with Crippen LogP contribution in [-0.4, -0.2) is 20.4 Å². The van der Waals surface area contributed by atoms with Crippen molar-refractivity contribution >= 4 is 11.7 Å². The van der Waals surface area contributed by atoms with Crippen molar-refractivity contribution in [3.8, 4) is 0 Å². The molecule has 8 nitrogen and oxygen atoms in total. The summed E-state index contributed by atoms with van der Waals surface area (Å²) in [5.41, 5.74) is 1.89. The minimum Gasteiger partial charge on any atom is -0.358 e. The maximum Gasteiger partial charge on any atom is 0.343 e. The van der Waals surface area contributed by atoms with Crippen LogP contribution < -0.4 is 11.3 Å². The number of hydrogen-bond acceptors (Lipinski definition) is 5. The van der Waals surface area contributed by atoms with Crippen molar-refractivity contribution in [1.82, 2.24) is 15.0 Å². The molecule has 1 aromatic heterocycles. The second kappa shape index (κ2) is 4.51. The monoisotopic (exact) mass is 213 g/mol. The summed E-state index contributed by atoms with van der Waals surface area (Å²) in [6, 6.07) is 0. The number of carbonyl (C=O) groups excluding carboxylic acids is 1. The molecule has 0 saturated heterocycles. The van der Waals surface area contributed by atoms with Gasteiger partial charge < -0.3 is 10.1 Å². The predicted octanol–water partition coefficient (Wildman–Crippen LogP) is -0.195. The van der Waals surface area contributed by atoms with Gasteiger partial charge in [-0.05, 0) is 11.3 Å². The van der Waals surface area contributed by atoms with Crippen molar-refractivity contribution in [1.29, 1.82) is 0 Å². The maximum absolute atomic E-state index is 11.2. The van der Waals surface area contributed by atoms with Crippen molar-refractivity contribution in [2.45, 2.75) is 19.9 Å². The first-order valence-corrected chi connectivity index (χ1v) is 4.32. The SMILES string of the molecule is CCCn1c([N+](=O)[O-])cnc1C(=O)NN. The van der Waals surface area contributed by atoms with Crippen LogP contribution in [0.1, 0.15) is 24.0 Å². The van der Waals surface area contributed by atoms with Gasteiger partial charge in [0, 0.05) is 0 Å². The number of aromatic nitrogens is 2. The summed E-state index contributed by atoms with van der Waals surface area (Å²) in [7, 11) is 0. The van der Waals surface area contributed by atoms with Crippen LogP contribution in [0, 0.1) is 10.1 Å². The highest BCUT2D eigenvalue weighted by atomic mass is 16.6. The summed E-state index contributed by atoms with van der Waals surface area (Å²) >= 11 is 0. The van der Waals surface area contributed by atoms with Gasteiger partial charge in [-0.25, -0.2) is 15.4 Å². The Morgan fingerprint density at radius 1 is 1.80 bits per heavy atom. The lowest BCUT2D eigenvalue weighted by Crippen LogP contribution is -2.32. The number of hydrogen-bond donors (Lipinski definition) is 2. The third-order valence-electron chi connectivity index (χ3n) is 1.80. The molecule has 0 radical (unpaired) electrons. The Hall–Kier alpha value is -1.96. The first-order valence-electron chi connectivity index (χ1n) is 4.32. The molecule has 0 saturated carbocycles. The van der Waals surface area contributed by atoms with Gasteiger partial charge in [0.1, 0.15) is 6.20 Å². The van der Waals surface area contributed by atoms with E-state index in [0.717, 1.165) is 6.20 Å². The van der Waals surface area contributed by atoms with E-state index in [1.165, 1.54) is 4.57 Å². The van der Waals surface area contributed by atoms with E-state index in [0.29, 0.717) is 13.0 Å². The van der Waals surface area contributed by atoms with Crippen LogP contribution in [0.25, 0.3) is 0 Å².